The van der Waals surface area contributed by atoms with Crippen LogP contribution in [0.5, 0.6) is 0 Å². The molecule has 0 aliphatic heterocycles. The number of ether oxygens (including phenoxy) is 3. The fraction of sp³-hybridized carbons (Fsp3) is 0.820. The van der Waals surface area contributed by atoms with Gasteiger partial charge in [-0.1, -0.05) is 205 Å². The minimum Gasteiger partial charge on any atom is -0.462 e. The molecule has 6 nitrogen and oxygen atoms in total. The van der Waals surface area contributed by atoms with E-state index < -0.39 is 6.10 Å². The Balaban J connectivity index is 4.35. The highest BCUT2D eigenvalue weighted by molar-refractivity contribution is 5.71. The van der Waals surface area contributed by atoms with Crippen LogP contribution < -0.4 is 0 Å². The molecule has 0 N–H and O–H groups in total. The van der Waals surface area contributed by atoms with Crippen molar-refractivity contribution >= 4 is 17.9 Å². The zero-order chi connectivity index (χ0) is 40.8. The van der Waals surface area contributed by atoms with Crippen molar-refractivity contribution in [1.29, 1.82) is 0 Å². The van der Waals surface area contributed by atoms with Gasteiger partial charge in [0.05, 0.1) is 0 Å². The van der Waals surface area contributed by atoms with Crippen LogP contribution in [0.15, 0.2) is 36.5 Å². The molecule has 6 heteroatoms. The van der Waals surface area contributed by atoms with E-state index >= 15 is 0 Å². The molecular formula is C50H90O6. The molecule has 0 saturated carbocycles. The van der Waals surface area contributed by atoms with Gasteiger partial charge >= 0.3 is 17.9 Å². The number of hydrogen-bond donors (Lipinski definition) is 0. The van der Waals surface area contributed by atoms with Crippen molar-refractivity contribution in [1.82, 2.24) is 0 Å². The molecule has 0 amide bonds. The van der Waals surface area contributed by atoms with Crippen molar-refractivity contribution in [2.75, 3.05) is 13.2 Å². The third kappa shape index (κ3) is 42.8. The van der Waals surface area contributed by atoms with E-state index in [1.54, 1.807) is 0 Å². The molecule has 0 saturated heterocycles. The van der Waals surface area contributed by atoms with Gasteiger partial charge in [-0.3, -0.25) is 14.4 Å². The van der Waals surface area contributed by atoms with Gasteiger partial charge in [-0.2, -0.15) is 0 Å². The molecule has 0 aromatic heterocycles. The number of unbranched alkanes of at least 4 members (excludes halogenated alkanes) is 27. The molecule has 0 rings (SSSR count). The third-order valence-electron chi connectivity index (χ3n) is 10.4. The average Bonchev–Trinajstić information content (AvgIpc) is 3.19. The van der Waals surface area contributed by atoms with Crippen LogP contribution >= 0.6 is 0 Å². The van der Waals surface area contributed by atoms with Gasteiger partial charge in [0.2, 0.25) is 0 Å². The Hall–Kier alpha value is -2.37. The van der Waals surface area contributed by atoms with Crippen molar-refractivity contribution in [2.24, 2.45) is 0 Å². The number of esters is 3. The summed E-state index contributed by atoms with van der Waals surface area (Å²) >= 11 is 0. The van der Waals surface area contributed by atoms with E-state index in [2.05, 4.69) is 57.2 Å². The Labute approximate surface area is 346 Å². The third-order valence-corrected chi connectivity index (χ3v) is 10.4. The van der Waals surface area contributed by atoms with Gasteiger partial charge in [0.1, 0.15) is 13.2 Å². The van der Waals surface area contributed by atoms with Crippen molar-refractivity contribution in [2.45, 2.75) is 252 Å². The molecular weight excluding hydrogens is 697 g/mol. The fourth-order valence-electron chi connectivity index (χ4n) is 6.69. The van der Waals surface area contributed by atoms with Crippen molar-refractivity contribution < 1.29 is 28.6 Å². The molecule has 0 radical (unpaired) electrons. The molecule has 326 valence electrons. The second-order valence-corrected chi connectivity index (χ2v) is 16.0. The van der Waals surface area contributed by atoms with E-state index in [1.807, 2.05) is 0 Å². The molecule has 0 aliphatic rings. The summed E-state index contributed by atoms with van der Waals surface area (Å²) in [5.41, 5.74) is 0. The molecule has 0 aliphatic carbocycles. The summed E-state index contributed by atoms with van der Waals surface area (Å²) in [6, 6.07) is 0. The lowest BCUT2D eigenvalue weighted by Crippen LogP contribution is -2.30. The highest BCUT2D eigenvalue weighted by atomic mass is 16.6. The van der Waals surface area contributed by atoms with Crippen LogP contribution in [0.4, 0.5) is 0 Å². The van der Waals surface area contributed by atoms with E-state index in [9.17, 15) is 14.4 Å². The van der Waals surface area contributed by atoms with Gasteiger partial charge < -0.3 is 14.2 Å². The summed E-state index contributed by atoms with van der Waals surface area (Å²) in [6.45, 7) is 6.52. The van der Waals surface area contributed by atoms with Gasteiger partial charge in [0.25, 0.3) is 0 Å². The summed E-state index contributed by atoms with van der Waals surface area (Å²) in [5.74, 6) is -0.917. The quantitative estimate of drug-likeness (QED) is 0.0201. The highest BCUT2D eigenvalue weighted by Crippen LogP contribution is 2.15. The number of carbonyl (C=O) groups excluding carboxylic acids is 3. The summed E-state index contributed by atoms with van der Waals surface area (Å²) < 4.78 is 16.7. The average molecular weight is 787 g/mol. The first kappa shape index (κ1) is 53.6. The van der Waals surface area contributed by atoms with Crippen molar-refractivity contribution in [3.8, 4) is 0 Å². The Morgan fingerprint density at radius 1 is 0.357 bits per heavy atom. The highest BCUT2D eigenvalue weighted by Gasteiger charge is 2.19. The van der Waals surface area contributed by atoms with Crippen molar-refractivity contribution in [3.63, 3.8) is 0 Å². The Bertz CT molecular complexity index is 953. The number of hydrogen-bond acceptors (Lipinski definition) is 6. The van der Waals surface area contributed by atoms with Crippen LogP contribution in [0.3, 0.4) is 0 Å². The topological polar surface area (TPSA) is 78.9 Å². The van der Waals surface area contributed by atoms with Crippen LogP contribution in [0.25, 0.3) is 0 Å². The lowest BCUT2D eigenvalue weighted by molar-refractivity contribution is -0.167. The molecule has 0 aromatic rings. The Kier molecular flexibility index (Phi) is 43.4. The van der Waals surface area contributed by atoms with E-state index in [4.69, 9.17) is 14.2 Å². The lowest BCUT2D eigenvalue weighted by Gasteiger charge is -2.18. The first-order chi connectivity index (χ1) is 27.5. The van der Waals surface area contributed by atoms with Crippen LogP contribution in [0.2, 0.25) is 0 Å². The summed E-state index contributed by atoms with van der Waals surface area (Å²) in [5, 5.41) is 0. The summed E-state index contributed by atoms with van der Waals surface area (Å²) in [6.07, 6.45) is 51.3. The largest absolute Gasteiger partial charge is 0.462 e. The number of carbonyl (C=O) groups is 3. The molecule has 0 bridgehead atoms. The van der Waals surface area contributed by atoms with Crippen LogP contribution in [-0.4, -0.2) is 37.2 Å². The SMILES string of the molecule is CCCC/C=C\C=C/CCCCCC(=O)OC(COC(=O)CCCCCCC/C=C\CCCC)COC(=O)CCCCCCCCCCCCCCCCCC. The fourth-order valence-corrected chi connectivity index (χ4v) is 6.69. The second kappa shape index (κ2) is 45.3. The summed E-state index contributed by atoms with van der Waals surface area (Å²) in [4.78, 5) is 37.7. The zero-order valence-electron chi connectivity index (χ0n) is 37.2. The van der Waals surface area contributed by atoms with Gasteiger partial charge in [-0.05, 0) is 57.8 Å². The first-order valence-electron chi connectivity index (χ1n) is 24.0. The predicted octanol–water partition coefficient (Wildman–Crippen LogP) is 15.4. The molecule has 0 spiro atoms. The molecule has 0 heterocycles. The van der Waals surface area contributed by atoms with Gasteiger partial charge in [0, 0.05) is 19.3 Å². The molecule has 1 unspecified atom stereocenters. The molecule has 0 aromatic carbocycles. The Morgan fingerprint density at radius 2 is 0.661 bits per heavy atom. The lowest BCUT2D eigenvalue weighted by atomic mass is 10.0. The van der Waals surface area contributed by atoms with Crippen LogP contribution in [0.1, 0.15) is 245 Å². The van der Waals surface area contributed by atoms with E-state index in [0.29, 0.717) is 19.3 Å². The normalized spacial score (nSPS) is 12.3. The molecule has 0 fully saturated rings. The van der Waals surface area contributed by atoms with E-state index in [1.165, 1.54) is 128 Å². The maximum absolute atomic E-state index is 12.7. The first-order valence-corrected chi connectivity index (χ1v) is 24.0. The number of allylic oxidation sites excluding steroid dienone is 6. The maximum Gasteiger partial charge on any atom is 0.306 e. The predicted molar refractivity (Wildman–Crippen MR) is 238 cm³/mol. The number of rotatable bonds is 43. The standard InChI is InChI=1S/C50H90O6/c1-4-7-10-13-16-19-22-23-24-25-26-29-31-34-37-40-43-49(52)55-46-47(56-50(53)44-41-38-35-32-28-21-18-15-12-9-6-3)45-54-48(51)42-39-36-33-30-27-20-17-14-11-8-5-2/h14-15,17-18,21,28,47H,4-13,16,19-20,22-27,29-46H2,1-3H3/b17-14-,18-15-,28-21-. The molecule has 56 heavy (non-hydrogen) atoms. The van der Waals surface area contributed by atoms with Crippen LogP contribution in [0, 0.1) is 0 Å². The van der Waals surface area contributed by atoms with Gasteiger partial charge in [-0.25, -0.2) is 0 Å². The van der Waals surface area contributed by atoms with Crippen molar-refractivity contribution in [3.05, 3.63) is 36.5 Å². The maximum atomic E-state index is 12.7. The minimum absolute atomic E-state index is 0.0832. The summed E-state index contributed by atoms with van der Waals surface area (Å²) in [7, 11) is 0. The van der Waals surface area contributed by atoms with Gasteiger partial charge in [0.15, 0.2) is 6.10 Å². The zero-order valence-corrected chi connectivity index (χ0v) is 37.2. The monoisotopic (exact) mass is 787 g/mol. The smallest absolute Gasteiger partial charge is 0.306 e. The van der Waals surface area contributed by atoms with E-state index in [0.717, 1.165) is 77.0 Å². The molecule has 1 atom stereocenters. The van der Waals surface area contributed by atoms with Gasteiger partial charge in [-0.15, -0.1) is 0 Å². The van der Waals surface area contributed by atoms with E-state index in [-0.39, 0.29) is 31.1 Å². The minimum atomic E-state index is -0.783. The second-order valence-electron chi connectivity index (χ2n) is 16.0. The Morgan fingerprint density at radius 3 is 1.09 bits per heavy atom. The van der Waals surface area contributed by atoms with Crippen LogP contribution in [-0.2, 0) is 28.6 Å².